The molecule has 1 aromatic rings. The number of carboxylic acids is 1. The number of aromatic carboxylic acids is 1. The number of hydrogen-bond acceptors (Lipinski definition) is 3. The Labute approximate surface area is 118 Å². The van der Waals surface area contributed by atoms with E-state index < -0.39 is 16.2 Å². The van der Waals surface area contributed by atoms with Crippen LogP contribution in [-0.2, 0) is 10.2 Å². The molecule has 0 radical (unpaired) electrons. The van der Waals surface area contributed by atoms with Crippen molar-refractivity contribution in [3.63, 3.8) is 0 Å². The summed E-state index contributed by atoms with van der Waals surface area (Å²) in [4.78, 5) is 10.7. The summed E-state index contributed by atoms with van der Waals surface area (Å²) in [6, 6.07) is 5.65. The molecule has 0 spiro atoms. The highest BCUT2D eigenvalue weighted by atomic mass is 32.2. The summed E-state index contributed by atoms with van der Waals surface area (Å²) in [5, 5.41) is 8.79. The summed E-state index contributed by atoms with van der Waals surface area (Å²) in [5.41, 5.74) is 0.493. The number of piperidine rings is 1. The van der Waals surface area contributed by atoms with Crippen LogP contribution < -0.4 is 4.72 Å². The normalized spacial score (nSPS) is 20.6. The molecule has 2 rings (SSSR count). The lowest BCUT2D eigenvalue weighted by Gasteiger charge is -2.30. The third kappa shape index (κ3) is 3.49. The lowest BCUT2D eigenvalue weighted by molar-refractivity contribution is 0.0697. The molecule has 1 atom stereocenters. The van der Waals surface area contributed by atoms with Gasteiger partial charge < -0.3 is 5.11 Å². The maximum absolute atomic E-state index is 12.2. The fourth-order valence-corrected chi connectivity index (χ4v) is 3.64. The highest BCUT2D eigenvalue weighted by molar-refractivity contribution is 7.90. The molecule has 1 aliphatic heterocycles. The van der Waals surface area contributed by atoms with Crippen molar-refractivity contribution in [3.8, 4) is 0 Å². The van der Waals surface area contributed by atoms with E-state index in [1.807, 2.05) is 6.92 Å². The van der Waals surface area contributed by atoms with Gasteiger partial charge in [-0.15, -0.1) is 0 Å². The smallest absolute Gasteiger partial charge is 0.335 e. The minimum atomic E-state index is -3.57. The number of hydrogen-bond donors (Lipinski definition) is 2. The molecule has 0 saturated carbocycles. The zero-order chi connectivity index (χ0) is 14.8. The molecule has 110 valence electrons. The van der Waals surface area contributed by atoms with Crippen LogP contribution in [0.2, 0.25) is 0 Å². The summed E-state index contributed by atoms with van der Waals surface area (Å²) in [5.74, 6) is -0.682. The highest BCUT2D eigenvalue weighted by Crippen LogP contribution is 2.20. The molecule has 1 fully saturated rings. The molecule has 2 N–H and O–H groups in total. The van der Waals surface area contributed by atoms with Crippen molar-refractivity contribution in [3.05, 3.63) is 29.8 Å². The zero-order valence-corrected chi connectivity index (χ0v) is 12.1. The number of nitrogens with zero attached hydrogens (tertiary/aromatic N) is 1. The topological polar surface area (TPSA) is 86.7 Å². The van der Waals surface area contributed by atoms with Crippen molar-refractivity contribution in [2.45, 2.75) is 19.8 Å². The van der Waals surface area contributed by atoms with Crippen LogP contribution in [0.5, 0.6) is 0 Å². The maximum Gasteiger partial charge on any atom is 0.335 e. The average Bonchev–Trinajstić information content (AvgIpc) is 2.39. The van der Waals surface area contributed by atoms with Gasteiger partial charge in [0.15, 0.2) is 0 Å². The van der Waals surface area contributed by atoms with Crippen LogP contribution in [0.1, 0.15) is 30.1 Å². The molecule has 6 nitrogen and oxygen atoms in total. The third-order valence-electron chi connectivity index (χ3n) is 3.34. The molecule has 0 aliphatic carbocycles. The number of nitrogens with one attached hydrogen (secondary N) is 1. The van der Waals surface area contributed by atoms with Gasteiger partial charge in [-0.1, -0.05) is 6.92 Å². The van der Waals surface area contributed by atoms with Gasteiger partial charge in [-0.2, -0.15) is 12.7 Å². The number of carbonyl (C=O) groups is 1. The lowest BCUT2D eigenvalue weighted by atomic mass is 10.0. The molecule has 0 amide bonds. The molecule has 1 heterocycles. The summed E-state index contributed by atoms with van der Waals surface area (Å²) >= 11 is 0. The van der Waals surface area contributed by atoms with Crippen LogP contribution in [0.3, 0.4) is 0 Å². The summed E-state index contributed by atoms with van der Waals surface area (Å²) in [6.07, 6.45) is 1.90. The molecule has 7 heteroatoms. The fourth-order valence-electron chi connectivity index (χ4n) is 2.26. The van der Waals surface area contributed by atoms with Crippen LogP contribution in [0.4, 0.5) is 5.69 Å². The zero-order valence-electron chi connectivity index (χ0n) is 11.2. The Morgan fingerprint density at radius 1 is 1.35 bits per heavy atom. The van der Waals surface area contributed by atoms with Crippen molar-refractivity contribution in [1.29, 1.82) is 0 Å². The van der Waals surface area contributed by atoms with Crippen LogP contribution >= 0.6 is 0 Å². The Hall–Kier alpha value is -1.60. The summed E-state index contributed by atoms with van der Waals surface area (Å²) in [7, 11) is -3.57. The monoisotopic (exact) mass is 298 g/mol. The quantitative estimate of drug-likeness (QED) is 0.887. The Kier molecular flexibility index (Phi) is 4.29. The van der Waals surface area contributed by atoms with E-state index >= 15 is 0 Å². The predicted octanol–water partition coefficient (Wildman–Crippen LogP) is 1.77. The molecule has 1 unspecified atom stereocenters. The Morgan fingerprint density at radius 3 is 2.55 bits per heavy atom. The van der Waals surface area contributed by atoms with Crippen LogP contribution in [0.25, 0.3) is 0 Å². The van der Waals surface area contributed by atoms with Crippen LogP contribution in [0, 0.1) is 5.92 Å². The number of rotatable bonds is 4. The van der Waals surface area contributed by atoms with E-state index in [0.717, 1.165) is 12.8 Å². The van der Waals surface area contributed by atoms with E-state index in [-0.39, 0.29) is 5.56 Å². The van der Waals surface area contributed by atoms with Gasteiger partial charge in [-0.25, -0.2) is 4.79 Å². The van der Waals surface area contributed by atoms with Gasteiger partial charge in [0, 0.05) is 18.8 Å². The third-order valence-corrected chi connectivity index (χ3v) is 4.84. The van der Waals surface area contributed by atoms with E-state index in [0.29, 0.717) is 24.7 Å². The Balaban J connectivity index is 2.09. The van der Waals surface area contributed by atoms with E-state index in [4.69, 9.17) is 5.11 Å². The van der Waals surface area contributed by atoms with Crippen molar-refractivity contribution < 1.29 is 18.3 Å². The average molecular weight is 298 g/mol. The van der Waals surface area contributed by atoms with Crippen molar-refractivity contribution >= 4 is 21.9 Å². The van der Waals surface area contributed by atoms with E-state index in [1.54, 1.807) is 0 Å². The molecule has 1 saturated heterocycles. The van der Waals surface area contributed by atoms with Crippen molar-refractivity contribution in [2.24, 2.45) is 5.92 Å². The second-order valence-electron chi connectivity index (χ2n) is 5.10. The second kappa shape index (κ2) is 5.80. The first-order chi connectivity index (χ1) is 9.38. The molecule has 0 bridgehead atoms. The standard InChI is InChI=1S/C13H18N2O4S/c1-10-3-2-8-15(9-10)20(18,19)14-12-6-4-11(5-7-12)13(16)17/h4-7,10,14H,2-3,8-9H2,1H3,(H,16,17). The highest BCUT2D eigenvalue weighted by Gasteiger charge is 2.26. The van der Waals surface area contributed by atoms with E-state index in [9.17, 15) is 13.2 Å². The van der Waals surface area contributed by atoms with Gasteiger partial charge in [0.25, 0.3) is 0 Å². The molecule has 1 aromatic carbocycles. The van der Waals surface area contributed by atoms with Gasteiger partial charge >= 0.3 is 16.2 Å². The molecular weight excluding hydrogens is 280 g/mol. The van der Waals surface area contributed by atoms with Crippen LogP contribution in [0.15, 0.2) is 24.3 Å². The summed E-state index contributed by atoms with van der Waals surface area (Å²) in [6.45, 7) is 3.07. The first-order valence-corrected chi connectivity index (χ1v) is 7.94. The largest absolute Gasteiger partial charge is 0.478 e. The molecule has 20 heavy (non-hydrogen) atoms. The van der Waals surface area contributed by atoms with Gasteiger partial charge in [0.05, 0.1) is 5.56 Å². The first-order valence-electron chi connectivity index (χ1n) is 6.50. The van der Waals surface area contributed by atoms with Crippen molar-refractivity contribution in [1.82, 2.24) is 4.31 Å². The van der Waals surface area contributed by atoms with Gasteiger partial charge in [-0.3, -0.25) is 4.72 Å². The number of anilines is 1. The second-order valence-corrected chi connectivity index (χ2v) is 6.77. The minimum absolute atomic E-state index is 0.125. The summed E-state index contributed by atoms with van der Waals surface area (Å²) < 4.78 is 28.4. The minimum Gasteiger partial charge on any atom is -0.478 e. The lowest BCUT2D eigenvalue weighted by Crippen LogP contribution is -2.42. The van der Waals surface area contributed by atoms with Gasteiger partial charge in [0.2, 0.25) is 0 Å². The SMILES string of the molecule is CC1CCCN(S(=O)(=O)Nc2ccc(C(=O)O)cc2)C1. The number of benzene rings is 1. The number of carboxylic acid groups (broad SMARTS) is 1. The van der Waals surface area contributed by atoms with E-state index in [2.05, 4.69) is 4.72 Å². The fraction of sp³-hybridized carbons (Fsp3) is 0.462. The molecular formula is C13H18N2O4S. The van der Waals surface area contributed by atoms with Crippen molar-refractivity contribution in [2.75, 3.05) is 17.8 Å². The molecule has 0 aromatic heterocycles. The van der Waals surface area contributed by atoms with Crippen LogP contribution in [-0.4, -0.2) is 36.9 Å². The maximum atomic E-state index is 12.2. The first kappa shape index (κ1) is 14.8. The Bertz CT molecular complexity index is 583. The molecule has 1 aliphatic rings. The Morgan fingerprint density at radius 2 is 2.00 bits per heavy atom. The van der Waals surface area contributed by atoms with E-state index in [1.165, 1.54) is 28.6 Å². The predicted molar refractivity (Wildman–Crippen MR) is 75.9 cm³/mol. The van der Waals surface area contributed by atoms with Gasteiger partial charge in [0.1, 0.15) is 0 Å². The van der Waals surface area contributed by atoms with Gasteiger partial charge in [-0.05, 0) is 43.0 Å².